The van der Waals surface area contributed by atoms with Crippen molar-refractivity contribution in [3.05, 3.63) is 47.4 Å². The van der Waals surface area contributed by atoms with Crippen molar-refractivity contribution in [2.75, 3.05) is 5.73 Å². The normalized spacial score (nSPS) is 19.2. The highest BCUT2D eigenvalue weighted by atomic mass is 15.2. The van der Waals surface area contributed by atoms with Crippen molar-refractivity contribution < 1.29 is 0 Å². The van der Waals surface area contributed by atoms with Gasteiger partial charge in [0.2, 0.25) is 0 Å². The maximum Gasteiger partial charge on any atom is 0.127 e. The lowest BCUT2D eigenvalue weighted by atomic mass is 10.0. The van der Waals surface area contributed by atoms with Gasteiger partial charge in [0.05, 0.1) is 12.2 Å². The molecule has 2 saturated carbocycles. The number of nitrogens with zero attached hydrogens (tertiary/aromatic N) is 2. The monoisotopic (exact) mass is 281 g/mol. The van der Waals surface area contributed by atoms with Crippen LogP contribution in [0.2, 0.25) is 0 Å². The van der Waals surface area contributed by atoms with Crippen LogP contribution in [0.5, 0.6) is 0 Å². The molecular formula is C18H23N3. The Morgan fingerprint density at radius 1 is 1.00 bits per heavy atom. The van der Waals surface area contributed by atoms with Crippen molar-refractivity contribution >= 4 is 5.82 Å². The van der Waals surface area contributed by atoms with Gasteiger partial charge in [-0.25, -0.2) is 4.98 Å². The van der Waals surface area contributed by atoms with Crippen LogP contribution in [0.4, 0.5) is 5.82 Å². The lowest BCUT2D eigenvalue weighted by Gasteiger charge is -2.11. The van der Waals surface area contributed by atoms with Gasteiger partial charge in [0, 0.05) is 11.8 Å². The van der Waals surface area contributed by atoms with E-state index in [1.165, 1.54) is 55.6 Å². The molecule has 2 fully saturated rings. The first-order chi connectivity index (χ1) is 10.3. The van der Waals surface area contributed by atoms with Gasteiger partial charge in [0.1, 0.15) is 11.6 Å². The van der Waals surface area contributed by atoms with Crippen molar-refractivity contribution in [2.45, 2.75) is 56.9 Å². The highest BCUT2D eigenvalue weighted by Gasteiger charge is 2.33. The largest absolute Gasteiger partial charge is 0.384 e. The maximum absolute atomic E-state index is 6.50. The van der Waals surface area contributed by atoms with E-state index in [2.05, 4.69) is 34.9 Å². The van der Waals surface area contributed by atoms with Gasteiger partial charge in [-0.3, -0.25) is 0 Å². The zero-order valence-electron chi connectivity index (χ0n) is 12.5. The Kier molecular flexibility index (Phi) is 3.21. The fourth-order valence-corrected chi connectivity index (χ4v) is 3.59. The summed E-state index contributed by atoms with van der Waals surface area (Å²) in [4.78, 5) is 4.99. The molecular weight excluding hydrogens is 258 g/mol. The number of rotatable bonds is 4. The molecule has 2 aliphatic carbocycles. The first kappa shape index (κ1) is 12.9. The molecule has 1 aromatic carbocycles. The first-order valence-corrected chi connectivity index (χ1v) is 8.22. The third-order valence-electron chi connectivity index (χ3n) is 4.93. The average molecular weight is 281 g/mol. The molecule has 3 heteroatoms. The van der Waals surface area contributed by atoms with E-state index < -0.39 is 0 Å². The number of benzene rings is 1. The second-order valence-corrected chi connectivity index (χ2v) is 6.57. The van der Waals surface area contributed by atoms with Crippen LogP contribution >= 0.6 is 0 Å². The molecule has 110 valence electrons. The number of hydrogen-bond acceptors (Lipinski definition) is 2. The number of imidazole rings is 1. The lowest BCUT2D eigenvalue weighted by Crippen LogP contribution is -2.08. The summed E-state index contributed by atoms with van der Waals surface area (Å²) in [6, 6.07) is 10.6. The summed E-state index contributed by atoms with van der Waals surface area (Å²) in [6.07, 6.45) is 7.72. The second kappa shape index (κ2) is 5.21. The summed E-state index contributed by atoms with van der Waals surface area (Å²) < 4.78 is 2.28. The summed E-state index contributed by atoms with van der Waals surface area (Å²) in [7, 11) is 0. The van der Waals surface area contributed by atoms with Crippen molar-refractivity contribution in [3.63, 3.8) is 0 Å². The maximum atomic E-state index is 6.50. The third-order valence-corrected chi connectivity index (χ3v) is 4.93. The van der Waals surface area contributed by atoms with Crippen LogP contribution in [0.1, 0.15) is 67.4 Å². The van der Waals surface area contributed by atoms with E-state index in [0.717, 1.165) is 12.4 Å². The van der Waals surface area contributed by atoms with Gasteiger partial charge in [-0.15, -0.1) is 0 Å². The van der Waals surface area contributed by atoms with Crippen molar-refractivity contribution in [3.8, 4) is 0 Å². The van der Waals surface area contributed by atoms with Gasteiger partial charge in [-0.2, -0.15) is 0 Å². The number of hydrogen-bond donors (Lipinski definition) is 1. The van der Waals surface area contributed by atoms with Gasteiger partial charge >= 0.3 is 0 Å². The molecule has 0 unspecified atom stereocenters. The summed E-state index contributed by atoms with van der Waals surface area (Å²) in [5.74, 6) is 3.40. The summed E-state index contributed by atoms with van der Waals surface area (Å²) in [5, 5.41) is 0. The lowest BCUT2D eigenvalue weighted by molar-refractivity contribution is 0.701. The minimum Gasteiger partial charge on any atom is -0.384 e. The molecule has 3 nitrogen and oxygen atoms in total. The van der Waals surface area contributed by atoms with Gasteiger partial charge in [0.15, 0.2) is 0 Å². The van der Waals surface area contributed by atoms with E-state index in [-0.39, 0.29) is 0 Å². The molecule has 1 heterocycles. The summed E-state index contributed by atoms with van der Waals surface area (Å²) in [5.41, 5.74) is 8.99. The van der Waals surface area contributed by atoms with Crippen molar-refractivity contribution in [2.24, 2.45) is 0 Å². The van der Waals surface area contributed by atoms with Crippen LogP contribution in [0.25, 0.3) is 0 Å². The predicted molar refractivity (Wildman–Crippen MR) is 85.4 cm³/mol. The molecule has 1 aromatic heterocycles. The first-order valence-electron chi connectivity index (χ1n) is 8.22. The fourth-order valence-electron chi connectivity index (χ4n) is 3.59. The highest BCUT2D eigenvalue weighted by molar-refractivity contribution is 5.43. The molecule has 0 saturated heterocycles. The van der Waals surface area contributed by atoms with Gasteiger partial charge in [-0.05, 0) is 31.2 Å². The Morgan fingerprint density at radius 2 is 1.71 bits per heavy atom. The summed E-state index contributed by atoms with van der Waals surface area (Å²) in [6.45, 7) is 0.859. The molecule has 0 aliphatic heterocycles. The number of aromatic nitrogens is 2. The van der Waals surface area contributed by atoms with Crippen LogP contribution < -0.4 is 5.73 Å². The Morgan fingerprint density at radius 3 is 2.38 bits per heavy atom. The van der Waals surface area contributed by atoms with E-state index in [1.54, 1.807) is 0 Å². The minimum absolute atomic E-state index is 0.597. The summed E-state index contributed by atoms with van der Waals surface area (Å²) >= 11 is 0. The van der Waals surface area contributed by atoms with Crippen LogP contribution in [0, 0.1) is 0 Å². The van der Waals surface area contributed by atoms with Crippen LogP contribution in [0.15, 0.2) is 30.3 Å². The van der Waals surface area contributed by atoms with E-state index in [4.69, 9.17) is 10.7 Å². The SMILES string of the molecule is Nc1c(C2CCCC2)nc(C2CC2)n1Cc1ccccc1. The quantitative estimate of drug-likeness (QED) is 0.918. The van der Waals surface area contributed by atoms with E-state index in [1.807, 2.05) is 0 Å². The zero-order chi connectivity index (χ0) is 14.2. The molecule has 21 heavy (non-hydrogen) atoms. The zero-order valence-corrected chi connectivity index (χ0v) is 12.5. The molecule has 2 aromatic rings. The minimum atomic E-state index is 0.597. The molecule has 0 bridgehead atoms. The molecule has 0 amide bonds. The molecule has 4 rings (SSSR count). The Balaban J connectivity index is 1.70. The average Bonchev–Trinajstić information content (AvgIpc) is 3.11. The smallest absolute Gasteiger partial charge is 0.127 e. The number of nitrogens with two attached hydrogens (primary N) is 1. The molecule has 0 spiro atoms. The van der Waals surface area contributed by atoms with E-state index in [0.29, 0.717) is 11.8 Å². The number of nitrogen functional groups attached to an aromatic ring is 1. The van der Waals surface area contributed by atoms with Gasteiger partial charge in [0.25, 0.3) is 0 Å². The second-order valence-electron chi connectivity index (χ2n) is 6.57. The van der Waals surface area contributed by atoms with E-state index >= 15 is 0 Å². The predicted octanol–water partition coefficient (Wildman–Crippen LogP) is 4.05. The molecule has 2 aliphatic rings. The molecule has 2 N–H and O–H groups in total. The highest BCUT2D eigenvalue weighted by Crippen LogP contribution is 2.44. The Labute approximate surface area is 126 Å². The van der Waals surface area contributed by atoms with Gasteiger partial charge < -0.3 is 10.3 Å². The Hall–Kier alpha value is -1.77. The Bertz CT molecular complexity index is 619. The van der Waals surface area contributed by atoms with Crippen molar-refractivity contribution in [1.82, 2.24) is 9.55 Å². The molecule has 0 atom stereocenters. The van der Waals surface area contributed by atoms with Crippen LogP contribution in [-0.4, -0.2) is 9.55 Å². The van der Waals surface area contributed by atoms with Gasteiger partial charge in [-0.1, -0.05) is 43.2 Å². The van der Waals surface area contributed by atoms with E-state index in [9.17, 15) is 0 Å². The van der Waals surface area contributed by atoms with Crippen LogP contribution in [0.3, 0.4) is 0 Å². The third kappa shape index (κ3) is 2.45. The van der Waals surface area contributed by atoms with Crippen molar-refractivity contribution in [1.29, 1.82) is 0 Å². The van der Waals surface area contributed by atoms with Crippen LogP contribution in [-0.2, 0) is 6.54 Å². The fraction of sp³-hybridized carbons (Fsp3) is 0.500. The topological polar surface area (TPSA) is 43.8 Å². The number of anilines is 1. The standard InChI is InChI=1S/C18H23N3/c19-17-16(14-8-4-5-9-14)20-18(15-10-11-15)21(17)12-13-6-2-1-3-7-13/h1-3,6-7,14-15H,4-5,8-12,19H2. The molecule has 0 radical (unpaired) electrons.